The average molecular weight is 347 g/mol. The van der Waals surface area contributed by atoms with E-state index in [1.807, 2.05) is 24.3 Å². The Kier molecular flexibility index (Phi) is 4.78. The van der Waals surface area contributed by atoms with Crippen molar-refractivity contribution in [1.29, 1.82) is 0 Å². The van der Waals surface area contributed by atoms with Crippen LogP contribution < -0.4 is 5.32 Å². The fraction of sp³-hybridized carbons (Fsp3) is 0.471. The third-order valence-corrected chi connectivity index (χ3v) is 4.89. The molecule has 1 aliphatic heterocycles. The molecular formula is C17H21N3O5. The van der Waals surface area contributed by atoms with Gasteiger partial charge in [-0.3, -0.25) is 9.69 Å². The van der Waals surface area contributed by atoms with E-state index in [0.29, 0.717) is 0 Å². The van der Waals surface area contributed by atoms with E-state index in [-0.39, 0.29) is 25.7 Å². The first-order valence-electron chi connectivity index (χ1n) is 8.33. The summed E-state index contributed by atoms with van der Waals surface area (Å²) in [5, 5.41) is 21.4. The third-order valence-electron chi connectivity index (χ3n) is 4.89. The number of nitrogens with one attached hydrogen (secondary N) is 1. The van der Waals surface area contributed by atoms with Crippen molar-refractivity contribution >= 4 is 18.1 Å². The smallest absolute Gasteiger partial charge is 0.408 e. The number of hydrogen-bond acceptors (Lipinski definition) is 3. The van der Waals surface area contributed by atoms with Gasteiger partial charge in [0.1, 0.15) is 6.04 Å². The van der Waals surface area contributed by atoms with Crippen molar-refractivity contribution in [2.24, 2.45) is 0 Å². The quantitative estimate of drug-likeness (QED) is 0.751. The zero-order chi connectivity index (χ0) is 18.0. The number of nitrogens with zero attached hydrogens (tertiary/aromatic N) is 2. The lowest BCUT2D eigenvalue weighted by Crippen LogP contribution is -2.61. The monoisotopic (exact) mass is 347 g/mol. The molecular weight excluding hydrogens is 326 g/mol. The fourth-order valence-electron chi connectivity index (χ4n) is 3.58. The van der Waals surface area contributed by atoms with Crippen molar-refractivity contribution in [3.8, 4) is 0 Å². The van der Waals surface area contributed by atoms with Gasteiger partial charge in [0.05, 0.1) is 12.6 Å². The van der Waals surface area contributed by atoms with Gasteiger partial charge in [-0.2, -0.15) is 0 Å². The molecule has 25 heavy (non-hydrogen) atoms. The predicted octanol–water partition coefficient (Wildman–Crippen LogP) is 1.52. The molecule has 3 rings (SSSR count). The summed E-state index contributed by atoms with van der Waals surface area (Å²) in [5.41, 5.74) is 2.24. The van der Waals surface area contributed by atoms with Gasteiger partial charge in [0.25, 0.3) is 0 Å². The lowest BCUT2D eigenvalue weighted by atomic mass is 9.87. The number of carboxylic acid groups (broad SMARTS) is 2. The van der Waals surface area contributed by atoms with E-state index < -0.39 is 24.1 Å². The first-order valence-corrected chi connectivity index (χ1v) is 8.33. The van der Waals surface area contributed by atoms with Crippen LogP contribution in [0.25, 0.3) is 0 Å². The molecule has 8 heteroatoms. The van der Waals surface area contributed by atoms with Crippen LogP contribution in [-0.4, -0.2) is 63.8 Å². The van der Waals surface area contributed by atoms with E-state index in [1.165, 1.54) is 5.56 Å². The predicted molar refractivity (Wildman–Crippen MR) is 88.4 cm³/mol. The van der Waals surface area contributed by atoms with Crippen LogP contribution in [0.15, 0.2) is 24.3 Å². The molecule has 1 saturated heterocycles. The lowest BCUT2D eigenvalue weighted by Gasteiger charge is -2.38. The van der Waals surface area contributed by atoms with Crippen molar-refractivity contribution in [2.45, 2.75) is 31.3 Å². The Labute approximate surface area is 145 Å². The van der Waals surface area contributed by atoms with Crippen molar-refractivity contribution in [1.82, 2.24) is 15.1 Å². The molecule has 1 fully saturated rings. The number of benzene rings is 1. The molecule has 8 nitrogen and oxygen atoms in total. The van der Waals surface area contributed by atoms with Crippen LogP contribution in [0.2, 0.25) is 0 Å². The highest BCUT2D eigenvalue weighted by Crippen LogP contribution is 2.29. The normalized spacial score (nSPS) is 22.9. The second-order valence-electron chi connectivity index (χ2n) is 6.37. The van der Waals surface area contributed by atoms with E-state index in [4.69, 9.17) is 5.11 Å². The second kappa shape index (κ2) is 7.00. The second-order valence-corrected chi connectivity index (χ2v) is 6.37. The van der Waals surface area contributed by atoms with Gasteiger partial charge in [0.2, 0.25) is 5.91 Å². The van der Waals surface area contributed by atoms with E-state index in [2.05, 4.69) is 5.32 Å². The lowest BCUT2D eigenvalue weighted by molar-refractivity contribution is -0.128. The number of amides is 3. The SMILES string of the molecule is O=C(N[C@@H]1CCCc2ccccc21)[C@@H]1CN(C(=O)O)CCN1C(=O)O. The summed E-state index contributed by atoms with van der Waals surface area (Å²) in [7, 11) is 0. The van der Waals surface area contributed by atoms with Crippen LogP contribution in [0.3, 0.4) is 0 Å². The van der Waals surface area contributed by atoms with Gasteiger partial charge in [0, 0.05) is 13.1 Å². The van der Waals surface area contributed by atoms with E-state index >= 15 is 0 Å². The standard InChI is InChI=1S/C17H21N3O5/c21-15(14-10-19(16(22)23)8-9-20(14)17(24)25)18-13-7-3-5-11-4-1-2-6-12(11)13/h1-2,4,6,13-14H,3,5,7-10H2,(H,18,21)(H,22,23)(H,24,25)/t13-,14+/m1/s1. The summed E-state index contributed by atoms with van der Waals surface area (Å²) in [4.78, 5) is 37.4. The Bertz CT molecular complexity index is 693. The largest absolute Gasteiger partial charge is 0.465 e. The first kappa shape index (κ1) is 17.1. The zero-order valence-electron chi connectivity index (χ0n) is 13.7. The summed E-state index contributed by atoms with van der Waals surface area (Å²) in [6.07, 6.45) is 0.321. The molecule has 0 unspecified atom stereocenters. The molecule has 2 atom stereocenters. The van der Waals surface area contributed by atoms with Gasteiger partial charge in [-0.1, -0.05) is 24.3 Å². The number of piperazine rings is 1. The van der Waals surface area contributed by atoms with Crippen LogP contribution in [0.1, 0.15) is 30.0 Å². The van der Waals surface area contributed by atoms with Gasteiger partial charge in [0.15, 0.2) is 0 Å². The molecule has 1 aromatic rings. The van der Waals surface area contributed by atoms with Crippen LogP contribution in [0.4, 0.5) is 9.59 Å². The van der Waals surface area contributed by atoms with Gasteiger partial charge < -0.3 is 20.4 Å². The number of aryl methyl sites for hydroxylation is 1. The van der Waals surface area contributed by atoms with Gasteiger partial charge in [-0.05, 0) is 30.4 Å². The van der Waals surface area contributed by atoms with E-state index in [0.717, 1.165) is 34.6 Å². The summed E-state index contributed by atoms with van der Waals surface area (Å²) < 4.78 is 0. The van der Waals surface area contributed by atoms with Gasteiger partial charge in [-0.25, -0.2) is 9.59 Å². The summed E-state index contributed by atoms with van der Waals surface area (Å²) in [6.45, 7) is -0.0967. The minimum absolute atomic E-state index is 0.0129. The Morgan fingerprint density at radius 1 is 1.08 bits per heavy atom. The molecule has 0 saturated carbocycles. The molecule has 1 heterocycles. The van der Waals surface area contributed by atoms with Crippen molar-refractivity contribution in [3.05, 3.63) is 35.4 Å². The molecule has 2 aliphatic rings. The highest BCUT2D eigenvalue weighted by molar-refractivity contribution is 5.86. The molecule has 3 amide bonds. The van der Waals surface area contributed by atoms with Crippen LogP contribution in [-0.2, 0) is 11.2 Å². The van der Waals surface area contributed by atoms with Gasteiger partial charge in [-0.15, -0.1) is 0 Å². The maximum absolute atomic E-state index is 12.7. The fourth-order valence-corrected chi connectivity index (χ4v) is 3.58. The number of fused-ring (bicyclic) bond motifs is 1. The Balaban J connectivity index is 1.76. The average Bonchev–Trinajstić information content (AvgIpc) is 2.61. The van der Waals surface area contributed by atoms with Crippen LogP contribution in [0, 0.1) is 0 Å². The first-order chi connectivity index (χ1) is 12.0. The molecule has 1 aromatic carbocycles. The summed E-state index contributed by atoms with van der Waals surface area (Å²) >= 11 is 0. The Morgan fingerprint density at radius 2 is 1.84 bits per heavy atom. The minimum atomic E-state index is -1.21. The number of rotatable bonds is 2. The van der Waals surface area contributed by atoms with Crippen LogP contribution in [0.5, 0.6) is 0 Å². The summed E-state index contributed by atoms with van der Waals surface area (Å²) in [5.74, 6) is -0.449. The van der Waals surface area contributed by atoms with Crippen molar-refractivity contribution in [3.63, 3.8) is 0 Å². The highest BCUT2D eigenvalue weighted by atomic mass is 16.4. The van der Waals surface area contributed by atoms with Crippen molar-refractivity contribution < 1.29 is 24.6 Å². The molecule has 0 bridgehead atoms. The van der Waals surface area contributed by atoms with Crippen molar-refractivity contribution in [2.75, 3.05) is 19.6 Å². The van der Waals surface area contributed by atoms with E-state index in [1.54, 1.807) is 0 Å². The minimum Gasteiger partial charge on any atom is -0.465 e. The molecule has 134 valence electrons. The summed E-state index contributed by atoms with van der Waals surface area (Å²) in [6, 6.07) is 6.67. The molecule has 1 aliphatic carbocycles. The Hall–Kier alpha value is -2.77. The zero-order valence-corrected chi connectivity index (χ0v) is 13.7. The Morgan fingerprint density at radius 3 is 2.56 bits per heavy atom. The number of carbonyl (C=O) groups is 3. The van der Waals surface area contributed by atoms with E-state index in [9.17, 15) is 19.5 Å². The third kappa shape index (κ3) is 3.52. The number of carbonyl (C=O) groups excluding carboxylic acids is 1. The van der Waals surface area contributed by atoms with Gasteiger partial charge >= 0.3 is 12.2 Å². The molecule has 0 radical (unpaired) electrons. The topological polar surface area (TPSA) is 110 Å². The number of hydrogen-bond donors (Lipinski definition) is 3. The van der Waals surface area contributed by atoms with Crippen LogP contribution >= 0.6 is 0 Å². The maximum atomic E-state index is 12.7. The maximum Gasteiger partial charge on any atom is 0.408 e. The molecule has 3 N–H and O–H groups in total. The molecule has 0 aromatic heterocycles. The highest BCUT2D eigenvalue weighted by Gasteiger charge is 2.38. The molecule has 0 spiro atoms.